The predicted molar refractivity (Wildman–Crippen MR) is 81.0 cm³/mol. The summed E-state index contributed by atoms with van der Waals surface area (Å²) in [6, 6.07) is 5.32. The molecule has 1 aromatic rings. The summed E-state index contributed by atoms with van der Waals surface area (Å²) >= 11 is 0. The van der Waals surface area contributed by atoms with E-state index in [1.54, 1.807) is 0 Å². The van der Waals surface area contributed by atoms with Gasteiger partial charge in [0.1, 0.15) is 0 Å². The fourth-order valence-electron chi connectivity index (χ4n) is 2.62. The van der Waals surface area contributed by atoms with Crippen molar-refractivity contribution < 1.29 is 18.0 Å². The van der Waals surface area contributed by atoms with Crippen LogP contribution in [0.3, 0.4) is 0 Å². The van der Waals surface area contributed by atoms with Crippen LogP contribution < -0.4 is 10.6 Å². The number of halogens is 4. The summed E-state index contributed by atoms with van der Waals surface area (Å²) in [7, 11) is 0. The number of hydrogen-bond donors (Lipinski definition) is 2. The first-order chi connectivity index (χ1) is 9.88. The van der Waals surface area contributed by atoms with Crippen LogP contribution in [0.25, 0.3) is 0 Å². The van der Waals surface area contributed by atoms with E-state index < -0.39 is 11.7 Å². The molecule has 7 heteroatoms. The maximum absolute atomic E-state index is 12.9. The molecule has 1 fully saturated rings. The standard InChI is InChI=1S/C15H19F3N2O.ClH/c1-10-13(7-4-8-19-10)20-14(21)9-11-5-2-3-6-12(11)15(16,17)18;/h2-3,5-6,10,13,19H,4,7-9H2,1H3,(H,20,21);1H. The Labute approximate surface area is 134 Å². The molecule has 1 saturated heterocycles. The Bertz CT molecular complexity index is 508. The first kappa shape index (κ1) is 18.8. The van der Waals surface area contributed by atoms with Crippen LogP contribution in [0.1, 0.15) is 30.9 Å². The number of benzene rings is 1. The van der Waals surface area contributed by atoms with E-state index in [9.17, 15) is 18.0 Å². The number of carbonyl (C=O) groups is 1. The van der Waals surface area contributed by atoms with Crippen LogP contribution in [-0.2, 0) is 17.4 Å². The number of amides is 1. The third kappa shape index (κ3) is 4.88. The maximum atomic E-state index is 12.9. The summed E-state index contributed by atoms with van der Waals surface area (Å²) in [5.41, 5.74) is -0.728. The van der Waals surface area contributed by atoms with Gasteiger partial charge in [0.25, 0.3) is 0 Å². The Morgan fingerprint density at radius 1 is 1.36 bits per heavy atom. The first-order valence-electron chi connectivity index (χ1n) is 7.06. The molecule has 2 rings (SSSR count). The number of rotatable bonds is 3. The molecule has 1 aromatic carbocycles. The maximum Gasteiger partial charge on any atom is 0.416 e. The van der Waals surface area contributed by atoms with Crippen LogP contribution in [0.15, 0.2) is 24.3 Å². The van der Waals surface area contributed by atoms with Crippen molar-refractivity contribution in [2.24, 2.45) is 0 Å². The van der Waals surface area contributed by atoms with Gasteiger partial charge in [0.15, 0.2) is 0 Å². The summed E-state index contributed by atoms with van der Waals surface area (Å²) in [6.45, 7) is 2.87. The normalized spacial score (nSPS) is 21.8. The van der Waals surface area contributed by atoms with E-state index in [-0.39, 0.29) is 42.4 Å². The van der Waals surface area contributed by atoms with Crippen LogP contribution in [0.5, 0.6) is 0 Å². The lowest BCUT2D eigenvalue weighted by Gasteiger charge is -2.30. The van der Waals surface area contributed by atoms with Crippen molar-refractivity contribution in [3.8, 4) is 0 Å². The van der Waals surface area contributed by atoms with Gasteiger partial charge in [-0.2, -0.15) is 13.2 Å². The van der Waals surface area contributed by atoms with Gasteiger partial charge in [-0.05, 0) is 37.9 Å². The van der Waals surface area contributed by atoms with E-state index >= 15 is 0 Å². The molecule has 124 valence electrons. The van der Waals surface area contributed by atoms with Gasteiger partial charge in [-0.25, -0.2) is 0 Å². The van der Waals surface area contributed by atoms with Gasteiger partial charge in [-0.15, -0.1) is 12.4 Å². The Balaban J connectivity index is 0.00000242. The summed E-state index contributed by atoms with van der Waals surface area (Å²) in [5.74, 6) is -0.368. The van der Waals surface area contributed by atoms with Crippen molar-refractivity contribution in [3.63, 3.8) is 0 Å². The Hall–Kier alpha value is -1.27. The molecule has 1 aliphatic rings. The number of hydrogen-bond acceptors (Lipinski definition) is 2. The Morgan fingerprint density at radius 2 is 2.05 bits per heavy atom. The van der Waals surface area contributed by atoms with Crippen molar-refractivity contribution in [3.05, 3.63) is 35.4 Å². The zero-order valence-electron chi connectivity index (χ0n) is 12.2. The molecule has 1 heterocycles. The highest BCUT2D eigenvalue weighted by Crippen LogP contribution is 2.32. The molecule has 0 bridgehead atoms. The summed E-state index contributed by atoms with van der Waals surface area (Å²) in [4.78, 5) is 12.0. The van der Waals surface area contributed by atoms with Gasteiger partial charge in [0.2, 0.25) is 5.91 Å². The van der Waals surface area contributed by atoms with E-state index in [2.05, 4.69) is 10.6 Å². The van der Waals surface area contributed by atoms with Crippen molar-refractivity contribution in [1.82, 2.24) is 10.6 Å². The van der Waals surface area contributed by atoms with Crippen LogP contribution >= 0.6 is 12.4 Å². The molecule has 1 amide bonds. The summed E-state index contributed by atoms with van der Waals surface area (Å²) in [6.07, 6.45) is -2.88. The number of nitrogens with one attached hydrogen (secondary N) is 2. The minimum Gasteiger partial charge on any atom is -0.352 e. The highest BCUT2D eigenvalue weighted by Gasteiger charge is 2.33. The van der Waals surface area contributed by atoms with Crippen molar-refractivity contribution in [2.75, 3.05) is 6.54 Å². The fourth-order valence-corrected chi connectivity index (χ4v) is 2.62. The van der Waals surface area contributed by atoms with E-state index in [4.69, 9.17) is 0 Å². The molecule has 0 radical (unpaired) electrons. The van der Waals surface area contributed by atoms with E-state index in [0.717, 1.165) is 25.5 Å². The van der Waals surface area contributed by atoms with Crippen molar-refractivity contribution >= 4 is 18.3 Å². The van der Waals surface area contributed by atoms with E-state index in [0.29, 0.717) is 0 Å². The minimum atomic E-state index is -4.43. The second kappa shape index (κ2) is 7.83. The molecule has 1 aliphatic heterocycles. The van der Waals surface area contributed by atoms with Crippen molar-refractivity contribution in [2.45, 2.75) is 44.4 Å². The SMILES string of the molecule is CC1NCCCC1NC(=O)Cc1ccccc1C(F)(F)F.Cl. The number of carbonyl (C=O) groups excluding carboxylic acids is 1. The molecule has 0 aromatic heterocycles. The molecule has 3 nitrogen and oxygen atoms in total. The molecule has 2 N–H and O–H groups in total. The quantitative estimate of drug-likeness (QED) is 0.891. The average molecular weight is 337 g/mol. The third-order valence-corrected chi connectivity index (χ3v) is 3.78. The Morgan fingerprint density at radius 3 is 2.68 bits per heavy atom. The van der Waals surface area contributed by atoms with Crippen LogP contribution in [0, 0.1) is 0 Å². The zero-order chi connectivity index (χ0) is 15.5. The highest BCUT2D eigenvalue weighted by molar-refractivity contribution is 5.85. The molecule has 0 spiro atoms. The second-order valence-electron chi connectivity index (χ2n) is 5.39. The minimum absolute atomic E-state index is 0. The summed E-state index contributed by atoms with van der Waals surface area (Å²) < 4.78 is 38.6. The third-order valence-electron chi connectivity index (χ3n) is 3.78. The van der Waals surface area contributed by atoms with Crippen molar-refractivity contribution in [1.29, 1.82) is 0 Å². The lowest BCUT2D eigenvalue weighted by Crippen LogP contribution is -2.52. The highest BCUT2D eigenvalue weighted by atomic mass is 35.5. The number of alkyl halides is 3. The van der Waals surface area contributed by atoms with Gasteiger partial charge in [-0.3, -0.25) is 4.79 Å². The average Bonchev–Trinajstić information content (AvgIpc) is 2.41. The number of piperidine rings is 1. The van der Waals surface area contributed by atoms with Crippen LogP contribution in [-0.4, -0.2) is 24.5 Å². The molecule has 2 unspecified atom stereocenters. The molecule has 2 atom stereocenters. The fraction of sp³-hybridized carbons (Fsp3) is 0.533. The van der Waals surface area contributed by atoms with Crippen LogP contribution in [0.4, 0.5) is 13.2 Å². The molecule has 0 saturated carbocycles. The van der Waals surface area contributed by atoms with Gasteiger partial charge in [-0.1, -0.05) is 18.2 Å². The predicted octanol–water partition coefficient (Wildman–Crippen LogP) is 2.93. The first-order valence-corrected chi connectivity index (χ1v) is 7.06. The second-order valence-corrected chi connectivity index (χ2v) is 5.39. The van der Waals surface area contributed by atoms with Gasteiger partial charge in [0, 0.05) is 12.1 Å². The topological polar surface area (TPSA) is 41.1 Å². The molecular weight excluding hydrogens is 317 g/mol. The largest absolute Gasteiger partial charge is 0.416 e. The smallest absolute Gasteiger partial charge is 0.352 e. The molecular formula is C15H20ClF3N2O. The van der Waals surface area contributed by atoms with Crippen LogP contribution in [0.2, 0.25) is 0 Å². The van der Waals surface area contributed by atoms with E-state index in [1.807, 2.05) is 6.92 Å². The summed E-state index contributed by atoms with van der Waals surface area (Å²) in [5, 5.41) is 6.07. The molecule has 0 aliphatic carbocycles. The monoisotopic (exact) mass is 336 g/mol. The Kier molecular flexibility index (Phi) is 6.68. The lowest BCUT2D eigenvalue weighted by atomic mass is 9.99. The lowest BCUT2D eigenvalue weighted by molar-refractivity contribution is -0.138. The molecule has 22 heavy (non-hydrogen) atoms. The van der Waals surface area contributed by atoms with Gasteiger partial charge < -0.3 is 10.6 Å². The van der Waals surface area contributed by atoms with Gasteiger partial charge >= 0.3 is 6.18 Å². The van der Waals surface area contributed by atoms with E-state index in [1.165, 1.54) is 18.2 Å². The zero-order valence-corrected chi connectivity index (χ0v) is 13.1. The van der Waals surface area contributed by atoms with Gasteiger partial charge in [0.05, 0.1) is 12.0 Å².